The molecule has 0 bridgehead atoms. The van der Waals surface area contributed by atoms with Gasteiger partial charge in [0.1, 0.15) is 0 Å². The summed E-state index contributed by atoms with van der Waals surface area (Å²) in [6.07, 6.45) is 0.126. The van der Waals surface area contributed by atoms with Crippen molar-refractivity contribution in [2.75, 3.05) is 11.0 Å². The first kappa shape index (κ1) is 9.25. The highest BCUT2D eigenvalue weighted by Gasteiger charge is 2.38. The number of carbonyl (C=O) groups is 1. The molecule has 0 aromatic rings. The molecule has 4 heteroatoms. The van der Waals surface area contributed by atoms with E-state index < -0.39 is 5.60 Å². The Kier molecular flexibility index (Phi) is 2.74. The minimum atomic E-state index is -0.865. The summed E-state index contributed by atoms with van der Waals surface area (Å²) in [6.45, 7) is 2.05. The summed E-state index contributed by atoms with van der Waals surface area (Å²) in [5, 5.41) is 9.70. The van der Waals surface area contributed by atoms with Crippen LogP contribution in [0.1, 0.15) is 13.3 Å². The van der Waals surface area contributed by atoms with Gasteiger partial charge in [-0.05, 0) is 6.92 Å². The monoisotopic (exact) mass is 270 g/mol. The molecule has 1 fully saturated rings. The Morgan fingerprint density at radius 3 is 3.00 bits per heavy atom. The van der Waals surface area contributed by atoms with E-state index in [1.807, 2.05) is 0 Å². The normalized spacial score (nSPS) is 38.5. The molecule has 2 unspecified atom stereocenters. The molecule has 0 saturated carbocycles. The fourth-order valence-corrected chi connectivity index (χ4v) is 2.27. The average Bonchev–Trinajstić information content (AvgIpc) is 1.85. The number of rotatable bonds is 1. The molecule has 0 spiro atoms. The number of aliphatic hydroxyl groups is 1. The maximum atomic E-state index is 10.8. The largest absolute Gasteiger partial charge is 0.465 e. The predicted octanol–water partition coefficient (Wildman–Crippen LogP) is 0.736. The molecule has 11 heavy (non-hydrogen) atoms. The summed E-state index contributed by atoms with van der Waals surface area (Å²) in [6, 6.07) is 0. The number of halogens is 1. The molecule has 1 heterocycles. The van der Waals surface area contributed by atoms with Gasteiger partial charge in [0.25, 0.3) is 0 Å². The Bertz CT molecular complexity index is 167. The smallest absolute Gasteiger partial charge is 0.308 e. The molecule has 0 amide bonds. The molecule has 2 atom stereocenters. The Hall–Kier alpha value is 0.160. The van der Waals surface area contributed by atoms with Gasteiger partial charge in [-0.2, -0.15) is 0 Å². The van der Waals surface area contributed by atoms with Gasteiger partial charge in [-0.25, -0.2) is 0 Å². The molecule has 0 radical (unpaired) electrons. The number of hydrogen-bond donors (Lipinski definition) is 1. The van der Waals surface area contributed by atoms with Crippen LogP contribution < -0.4 is 0 Å². The van der Waals surface area contributed by atoms with Crippen molar-refractivity contribution in [1.29, 1.82) is 0 Å². The van der Waals surface area contributed by atoms with Crippen molar-refractivity contribution in [3.05, 3.63) is 0 Å². The number of hydrogen-bond acceptors (Lipinski definition) is 3. The van der Waals surface area contributed by atoms with Crippen LogP contribution in [-0.2, 0) is 9.53 Å². The van der Waals surface area contributed by atoms with E-state index in [2.05, 4.69) is 22.6 Å². The fourth-order valence-electron chi connectivity index (χ4n) is 1.07. The van der Waals surface area contributed by atoms with Gasteiger partial charge in [0.05, 0.1) is 18.6 Å². The predicted molar refractivity (Wildman–Crippen MR) is 48.6 cm³/mol. The molecule has 64 valence electrons. The average molecular weight is 270 g/mol. The SMILES string of the molecule is CC1(O)CC(=O)OCC1CI. The minimum Gasteiger partial charge on any atom is -0.465 e. The highest BCUT2D eigenvalue weighted by molar-refractivity contribution is 14.1. The van der Waals surface area contributed by atoms with Gasteiger partial charge in [-0.3, -0.25) is 4.79 Å². The number of carbonyl (C=O) groups excluding carboxylic acids is 1. The molecular weight excluding hydrogens is 259 g/mol. The highest BCUT2D eigenvalue weighted by atomic mass is 127. The van der Waals surface area contributed by atoms with Crippen LogP contribution >= 0.6 is 22.6 Å². The number of cyclic esters (lactones) is 1. The van der Waals surface area contributed by atoms with E-state index in [1.54, 1.807) is 6.92 Å². The summed E-state index contributed by atoms with van der Waals surface area (Å²) in [5.41, 5.74) is -0.865. The van der Waals surface area contributed by atoms with E-state index in [1.165, 1.54) is 0 Å². The first-order chi connectivity index (χ1) is 5.06. The Balaban J connectivity index is 2.63. The van der Waals surface area contributed by atoms with Crippen LogP contribution in [0.2, 0.25) is 0 Å². The van der Waals surface area contributed by atoms with Crippen LogP contribution in [0.25, 0.3) is 0 Å². The molecular formula is C7H11IO3. The first-order valence-corrected chi connectivity index (χ1v) is 5.03. The lowest BCUT2D eigenvalue weighted by Gasteiger charge is -2.34. The molecule has 0 aromatic carbocycles. The van der Waals surface area contributed by atoms with Gasteiger partial charge in [0.2, 0.25) is 0 Å². The highest BCUT2D eigenvalue weighted by Crippen LogP contribution is 2.28. The van der Waals surface area contributed by atoms with Crippen molar-refractivity contribution in [2.24, 2.45) is 5.92 Å². The third kappa shape index (κ3) is 2.05. The standard InChI is InChI=1S/C7H11IO3/c1-7(10)2-6(9)11-4-5(7)3-8/h5,10H,2-4H2,1H3. The zero-order chi connectivity index (χ0) is 8.48. The topological polar surface area (TPSA) is 46.5 Å². The quantitative estimate of drug-likeness (QED) is 0.434. The molecule has 1 aliphatic rings. The number of esters is 1. The zero-order valence-corrected chi connectivity index (χ0v) is 8.50. The van der Waals surface area contributed by atoms with Crippen molar-refractivity contribution in [3.63, 3.8) is 0 Å². The maximum Gasteiger partial charge on any atom is 0.308 e. The molecule has 0 aromatic heterocycles. The maximum absolute atomic E-state index is 10.8. The lowest BCUT2D eigenvalue weighted by molar-refractivity contribution is -0.165. The Morgan fingerprint density at radius 1 is 1.91 bits per heavy atom. The lowest BCUT2D eigenvalue weighted by atomic mass is 9.86. The van der Waals surface area contributed by atoms with E-state index in [4.69, 9.17) is 4.74 Å². The van der Waals surface area contributed by atoms with Crippen LogP contribution in [0.3, 0.4) is 0 Å². The van der Waals surface area contributed by atoms with Gasteiger partial charge in [0.15, 0.2) is 0 Å². The third-order valence-electron chi connectivity index (χ3n) is 2.01. The van der Waals surface area contributed by atoms with Gasteiger partial charge in [-0.1, -0.05) is 22.6 Å². The van der Waals surface area contributed by atoms with Crippen LogP contribution in [-0.4, -0.2) is 27.7 Å². The summed E-state index contributed by atoms with van der Waals surface area (Å²) in [7, 11) is 0. The van der Waals surface area contributed by atoms with E-state index in [0.717, 1.165) is 4.43 Å². The van der Waals surface area contributed by atoms with E-state index >= 15 is 0 Å². The summed E-state index contributed by atoms with van der Waals surface area (Å²) in [4.78, 5) is 10.8. The van der Waals surface area contributed by atoms with Crippen molar-refractivity contribution in [3.8, 4) is 0 Å². The van der Waals surface area contributed by atoms with Crippen LogP contribution in [0.15, 0.2) is 0 Å². The van der Waals surface area contributed by atoms with Crippen molar-refractivity contribution in [1.82, 2.24) is 0 Å². The third-order valence-corrected chi connectivity index (χ3v) is 3.08. The van der Waals surface area contributed by atoms with Gasteiger partial charge < -0.3 is 9.84 Å². The second-order valence-electron chi connectivity index (χ2n) is 3.07. The van der Waals surface area contributed by atoms with Gasteiger partial charge in [0, 0.05) is 10.3 Å². The number of ether oxygens (including phenoxy) is 1. The van der Waals surface area contributed by atoms with Crippen molar-refractivity contribution in [2.45, 2.75) is 18.9 Å². The van der Waals surface area contributed by atoms with Crippen LogP contribution in [0, 0.1) is 5.92 Å². The summed E-state index contributed by atoms with van der Waals surface area (Å²) in [5.74, 6) is -0.211. The molecule has 1 saturated heterocycles. The summed E-state index contributed by atoms with van der Waals surface area (Å²) >= 11 is 2.19. The molecule has 1 N–H and O–H groups in total. The van der Waals surface area contributed by atoms with E-state index in [0.29, 0.717) is 6.61 Å². The molecule has 0 aliphatic carbocycles. The molecule has 3 nitrogen and oxygen atoms in total. The van der Waals surface area contributed by atoms with Gasteiger partial charge in [-0.15, -0.1) is 0 Å². The molecule has 1 aliphatic heterocycles. The fraction of sp³-hybridized carbons (Fsp3) is 0.857. The minimum absolute atomic E-state index is 0.0841. The van der Waals surface area contributed by atoms with Crippen molar-refractivity contribution >= 4 is 28.6 Å². The zero-order valence-electron chi connectivity index (χ0n) is 6.34. The van der Waals surface area contributed by atoms with Gasteiger partial charge >= 0.3 is 5.97 Å². The van der Waals surface area contributed by atoms with Crippen LogP contribution in [0.4, 0.5) is 0 Å². The lowest BCUT2D eigenvalue weighted by Crippen LogP contribution is -2.45. The van der Waals surface area contributed by atoms with E-state index in [9.17, 15) is 9.90 Å². The molecule has 1 rings (SSSR count). The second kappa shape index (κ2) is 3.26. The Labute approximate surface area is 79.3 Å². The Morgan fingerprint density at radius 2 is 2.55 bits per heavy atom. The van der Waals surface area contributed by atoms with Crippen molar-refractivity contribution < 1.29 is 14.6 Å². The number of alkyl halides is 1. The van der Waals surface area contributed by atoms with E-state index in [-0.39, 0.29) is 18.3 Å². The first-order valence-electron chi connectivity index (χ1n) is 3.50. The second-order valence-corrected chi connectivity index (χ2v) is 3.95. The summed E-state index contributed by atoms with van der Waals surface area (Å²) < 4.78 is 5.63. The van der Waals surface area contributed by atoms with Crippen LogP contribution in [0.5, 0.6) is 0 Å².